The summed E-state index contributed by atoms with van der Waals surface area (Å²) in [7, 11) is 0. The molecular weight excluding hydrogens is 282 g/mol. The second kappa shape index (κ2) is 5.45. The number of nitrogens with two attached hydrogens (primary N) is 1. The molecule has 0 saturated heterocycles. The van der Waals surface area contributed by atoms with Crippen LogP contribution in [-0.2, 0) is 12.8 Å². The first-order chi connectivity index (χ1) is 9.31. The highest BCUT2D eigenvalue weighted by Crippen LogP contribution is 2.20. The van der Waals surface area contributed by atoms with Crippen molar-refractivity contribution < 1.29 is 4.52 Å². The highest BCUT2D eigenvalue weighted by Gasteiger charge is 2.10. The Morgan fingerprint density at radius 2 is 2.16 bits per heavy atom. The minimum atomic E-state index is 0.607. The van der Waals surface area contributed by atoms with Gasteiger partial charge in [-0.3, -0.25) is 4.98 Å². The Morgan fingerprint density at radius 1 is 1.21 bits per heavy atom. The fraction of sp³-hybridized carbons (Fsp3) is 0.273. The van der Waals surface area contributed by atoms with Gasteiger partial charge in [0.25, 0.3) is 0 Å². The number of nitrogens with zero attached hydrogens (tertiary/aromatic N) is 4. The maximum Gasteiger partial charge on any atom is 0.226 e. The molecule has 3 heterocycles. The van der Waals surface area contributed by atoms with E-state index in [4.69, 9.17) is 10.3 Å². The van der Waals surface area contributed by atoms with E-state index in [0.717, 1.165) is 29.8 Å². The van der Waals surface area contributed by atoms with Gasteiger partial charge in [-0.25, -0.2) is 4.98 Å². The zero-order valence-corrected chi connectivity index (χ0v) is 11.6. The first-order valence-electron chi connectivity index (χ1n) is 5.72. The van der Waals surface area contributed by atoms with Crippen molar-refractivity contribution in [2.75, 3.05) is 5.73 Å². The van der Waals surface area contributed by atoms with Gasteiger partial charge in [-0.05, 0) is 12.8 Å². The Bertz CT molecular complexity index is 646. The van der Waals surface area contributed by atoms with Gasteiger partial charge < -0.3 is 10.3 Å². The highest BCUT2D eigenvalue weighted by molar-refractivity contribution is 7.13. The lowest BCUT2D eigenvalue weighted by Gasteiger charge is -1.93. The summed E-state index contributed by atoms with van der Waals surface area (Å²) in [5.41, 5.74) is 8.35. The lowest BCUT2D eigenvalue weighted by molar-refractivity contribution is 0.376. The summed E-state index contributed by atoms with van der Waals surface area (Å²) in [6, 6.07) is 0. The van der Waals surface area contributed by atoms with Crippen molar-refractivity contribution >= 4 is 27.8 Å². The van der Waals surface area contributed by atoms with Crippen LogP contribution in [0.1, 0.15) is 18.0 Å². The Hall–Kier alpha value is -1.80. The lowest BCUT2D eigenvalue weighted by Crippen LogP contribution is -1.91. The highest BCUT2D eigenvalue weighted by atomic mass is 32.1. The maximum absolute atomic E-state index is 5.58. The largest absolute Gasteiger partial charge is 0.375 e. The van der Waals surface area contributed by atoms with Crippen LogP contribution in [0.2, 0.25) is 0 Å². The molecule has 2 N–H and O–H groups in total. The van der Waals surface area contributed by atoms with Crippen molar-refractivity contribution in [1.29, 1.82) is 0 Å². The van der Waals surface area contributed by atoms with Gasteiger partial charge in [-0.15, -0.1) is 22.7 Å². The Labute approximate surface area is 117 Å². The van der Waals surface area contributed by atoms with Crippen LogP contribution in [0, 0.1) is 0 Å². The molecule has 0 spiro atoms. The Balaban J connectivity index is 1.56. The third-order valence-corrected chi connectivity index (χ3v) is 4.01. The number of thiazole rings is 2. The van der Waals surface area contributed by atoms with Crippen LogP contribution in [0.5, 0.6) is 0 Å². The van der Waals surface area contributed by atoms with Crippen LogP contribution in [0.4, 0.5) is 5.13 Å². The predicted molar refractivity (Wildman–Crippen MR) is 74.0 cm³/mol. The van der Waals surface area contributed by atoms with Crippen molar-refractivity contribution in [3.63, 3.8) is 0 Å². The van der Waals surface area contributed by atoms with Crippen LogP contribution in [0.15, 0.2) is 21.6 Å². The quantitative estimate of drug-likeness (QED) is 0.776. The second-order valence-electron chi connectivity index (χ2n) is 3.91. The average Bonchev–Trinajstić information content (AvgIpc) is 3.09. The number of anilines is 1. The lowest BCUT2D eigenvalue weighted by atomic mass is 10.2. The number of hydrogen-bond acceptors (Lipinski definition) is 8. The topological polar surface area (TPSA) is 90.7 Å². The average molecular weight is 293 g/mol. The van der Waals surface area contributed by atoms with E-state index in [0.29, 0.717) is 16.8 Å². The summed E-state index contributed by atoms with van der Waals surface area (Å²) in [4.78, 5) is 13.5. The second-order valence-corrected chi connectivity index (χ2v) is 5.68. The summed E-state index contributed by atoms with van der Waals surface area (Å²) in [5.74, 6) is 1.25. The smallest absolute Gasteiger partial charge is 0.226 e. The molecule has 3 rings (SSSR count). The van der Waals surface area contributed by atoms with Crippen LogP contribution >= 0.6 is 22.7 Å². The van der Waals surface area contributed by atoms with E-state index in [2.05, 4.69) is 20.1 Å². The molecule has 98 valence electrons. The maximum atomic E-state index is 5.58. The number of aromatic nitrogens is 4. The van der Waals surface area contributed by atoms with Crippen LogP contribution < -0.4 is 5.73 Å². The molecule has 0 bridgehead atoms. The van der Waals surface area contributed by atoms with E-state index in [1.807, 2.05) is 5.38 Å². The number of nitrogen functional groups attached to an aromatic ring is 1. The molecule has 0 aliphatic rings. The summed E-state index contributed by atoms with van der Waals surface area (Å²) in [6.45, 7) is 0. The summed E-state index contributed by atoms with van der Waals surface area (Å²) in [5, 5.41) is 6.53. The van der Waals surface area contributed by atoms with Crippen LogP contribution in [-0.4, -0.2) is 20.1 Å². The molecular formula is C11H11N5OS2. The normalized spacial score (nSPS) is 10.9. The van der Waals surface area contributed by atoms with Gasteiger partial charge >= 0.3 is 0 Å². The Kier molecular flexibility index (Phi) is 3.51. The van der Waals surface area contributed by atoms with E-state index in [1.165, 1.54) is 22.7 Å². The van der Waals surface area contributed by atoms with E-state index in [9.17, 15) is 0 Å². The third kappa shape index (κ3) is 2.96. The van der Waals surface area contributed by atoms with Gasteiger partial charge in [0, 0.05) is 18.0 Å². The first-order valence-corrected chi connectivity index (χ1v) is 7.48. The molecule has 0 fully saturated rings. The molecule has 0 aliphatic heterocycles. The summed E-state index contributed by atoms with van der Waals surface area (Å²) >= 11 is 2.96. The van der Waals surface area contributed by atoms with Gasteiger partial charge in [0.2, 0.25) is 11.7 Å². The van der Waals surface area contributed by atoms with Crippen molar-refractivity contribution in [3.05, 3.63) is 28.7 Å². The zero-order chi connectivity index (χ0) is 13.1. The minimum absolute atomic E-state index is 0.607. The minimum Gasteiger partial charge on any atom is -0.375 e. The molecule has 0 unspecified atom stereocenters. The standard InChI is InChI=1S/C11H11N5OS2/c12-11-14-7(5-18-11)2-1-3-9-15-10(16-17-9)8-4-13-6-19-8/h4-6H,1-3H2,(H2,12,14). The van der Waals surface area contributed by atoms with Crippen molar-refractivity contribution in [1.82, 2.24) is 20.1 Å². The molecule has 3 aromatic rings. The zero-order valence-electron chi connectivity index (χ0n) is 9.94. The van der Waals surface area contributed by atoms with Gasteiger partial charge in [-0.1, -0.05) is 5.16 Å². The van der Waals surface area contributed by atoms with Gasteiger partial charge in [0.05, 0.1) is 16.1 Å². The fourth-order valence-corrected chi connectivity index (χ4v) is 2.78. The molecule has 8 heteroatoms. The molecule has 0 atom stereocenters. The molecule has 0 aliphatic carbocycles. The number of aryl methyl sites for hydroxylation is 2. The molecule has 3 aromatic heterocycles. The van der Waals surface area contributed by atoms with E-state index in [-0.39, 0.29) is 0 Å². The van der Waals surface area contributed by atoms with E-state index >= 15 is 0 Å². The Morgan fingerprint density at radius 3 is 2.89 bits per heavy atom. The molecule has 0 radical (unpaired) electrons. The fourth-order valence-electron chi connectivity index (χ4n) is 1.64. The molecule has 0 aromatic carbocycles. The first kappa shape index (κ1) is 12.2. The van der Waals surface area contributed by atoms with Crippen LogP contribution in [0.25, 0.3) is 10.7 Å². The van der Waals surface area contributed by atoms with Crippen molar-refractivity contribution in [3.8, 4) is 10.7 Å². The molecule has 6 nitrogen and oxygen atoms in total. The number of rotatable bonds is 5. The van der Waals surface area contributed by atoms with Gasteiger partial charge in [-0.2, -0.15) is 4.98 Å². The van der Waals surface area contributed by atoms with E-state index in [1.54, 1.807) is 11.7 Å². The summed E-state index contributed by atoms with van der Waals surface area (Å²) < 4.78 is 5.21. The predicted octanol–water partition coefficient (Wildman–Crippen LogP) is 2.41. The summed E-state index contributed by atoms with van der Waals surface area (Å²) in [6.07, 6.45) is 4.25. The monoisotopic (exact) mass is 293 g/mol. The van der Waals surface area contributed by atoms with Gasteiger partial charge in [0.15, 0.2) is 5.13 Å². The number of hydrogen-bond donors (Lipinski definition) is 1. The molecule has 19 heavy (non-hydrogen) atoms. The third-order valence-electron chi connectivity index (χ3n) is 2.51. The van der Waals surface area contributed by atoms with Crippen molar-refractivity contribution in [2.45, 2.75) is 19.3 Å². The molecule has 0 amide bonds. The SMILES string of the molecule is Nc1nc(CCCc2nc(-c3cncs3)no2)cs1. The molecule has 0 saturated carbocycles. The van der Waals surface area contributed by atoms with E-state index < -0.39 is 0 Å². The van der Waals surface area contributed by atoms with Crippen LogP contribution in [0.3, 0.4) is 0 Å². The van der Waals surface area contributed by atoms with Gasteiger partial charge in [0.1, 0.15) is 0 Å². The van der Waals surface area contributed by atoms with Crippen molar-refractivity contribution in [2.24, 2.45) is 0 Å².